The molecule has 122 valence electrons. The Labute approximate surface area is 134 Å². The molecular formula is C17H19NO5. The molecule has 0 bridgehead atoms. The molecule has 0 spiro atoms. The molecule has 1 aromatic carbocycles. The molecule has 2 N–H and O–H groups in total. The molecule has 1 aromatic rings. The topological polar surface area (TPSA) is 84.9 Å². The van der Waals surface area contributed by atoms with Gasteiger partial charge in [-0.2, -0.15) is 0 Å². The van der Waals surface area contributed by atoms with Gasteiger partial charge in [0.25, 0.3) is 5.91 Å². The number of ether oxygens (including phenoxy) is 2. The largest absolute Gasteiger partial charge is 0.481 e. The van der Waals surface area contributed by atoms with E-state index in [9.17, 15) is 14.7 Å². The quantitative estimate of drug-likeness (QED) is 0.773. The van der Waals surface area contributed by atoms with Crippen molar-refractivity contribution < 1.29 is 24.2 Å². The van der Waals surface area contributed by atoms with Crippen molar-refractivity contribution in [2.75, 3.05) is 19.8 Å². The molecule has 1 fully saturated rings. The van der Waals surface area contributed by atoms with E-state index in [1.54, 1.807) is 24.3 Å². The van der Waals surface area contributed by atoms with E-state index in [0.717, 1.165) is 12.8 Å². The number of benzene rings is 1. The number of terminal acetylenes is 1. The van der Waals surface area contributed by atoms with Gasteiger partial charge in [-0.15, -0.1) is 6.42 Å². The van der Waals surface area contributed by atoms with Gasteiger partial charge < -0.3 is 19.9 Å². The third-order valence-corrected chi connectivity index (χ3v) is 3.66. The number of carboxylic acid groups (broad SMARTS) is 1. The van der Waals surface area contributed by atoms with Crippen molar-refractivity contribution in [1.82, 2.24) is 5.32 Å². The highest BCUT2D eigenvalue weighted by atomic mass is 16.5. The highest BCUT2D eigenvalue weighted by Crippen LogP contribution is 2.19. The highest BCUT2D eigenvalue weighted by molar-refractivity contribution is 5.96. The van der Waals surface area contributed by atoms with Crippen LogP contribution >= 0.6 is 0 Å². The van der Waals surface area contributed by atoms with Crippen molar-refractivity contribution in [3.63, 3.8) is 0 Å². The molecule has 1 amide bonds. The third-order valence-electron chi connectivity index (χ3n) is 3.66. The minimum Gasteiger partial charge on any atom is -0.481 e. The Kier molecular flexibility index (Phi) is 6.01. The lowest BCUT2D eigenvalue weighted by molar-refractivity contribution is -0.142. The van der Waals surface area contributed by atoms with Crippen LogP contribution in [0.5, 0.6) is 5.75 Å². The maximum absolute atomic E-state index is 12.2. The van der Waals surface area contributed by atoms with Crippen molar-refractivity contribution in [2.45, 2.75) is 18.9 Å². The molecular weight excluding hydrogens is 298 g/mol. The molecule has 6 heteroatoms. The number of carbonyl (C=O) groups is 2. The van der Waals surface area contributed by atoms with Crippen molar-refractivity contribution in [2.24, 2.45) is 5.92 Å². The maximum Gasteiger partial charge on any atom is 0.326 e. The molecule has 0 saturated carbocycles. The lowest BCUT2D eigenvalue weighted by Gasteiger charge is -2.28. The average Bonchev–Trinajstić information content (AvgIpc) is 2.58. The number of amides is 1. The van der Waals surface area contributed by atoms with E-state index in [0.29, 0.717) is 24.5 Å². The first-order chi connectivity index (χ1) is 11.1. The molecule has 6 nitrogen and oxygen atoms in total. The van der Waals surface area contributed by atoms with Crippen LogP contribution in [0.3, 0.4) is 0 Å². The zero-order chi connectivity index (χ0) is 16.7. The van der Waals surface area contributed by atoms with Crippen molar-refractivity contribution in [3.05, 3.63) is 29.8 Å². The summed E-state index contributed by atoms with van der Waals surface area (Å²) < 4.78 is 10.5. The Morgan fingerprint density at radius 3 is 2.74 bits per heavy atom. The summed E-state index contributed by atoms with van der Waals surface area (Å²) >= 11 is 0. The minimum absolute atomic E-state index is 0.147. The molecule has 0 radical (unpaired) electrons. The van der Waals surface area contributed by atoms with Crippen LogP contribution in [0, 0.1) is 18.3 Å². The van der Waals surface area contributed by atoms with E-state index in [1.807, 2.05) is 0 Å². The molecule has 1 aliphatic rings. The lowest BCUT2D eigenvalue weighted by atomic mass is 9.93. The molecule has 23 heavy (non-hydrogen) atoms. The second-order valence-corrected chi connectivity index (χ2v) is 5.28. The van der Waals surface area contributed by atoms with E-state index < -0.39 is 17.9 Å². The smallest absolute Gasteiger partial charge is 0.326 e. The average molecular weight is 317 g/mol. The minimum atomic E-state index is -1.05. The normalized spacial score (nSPS) is 18.5. The predicted molar refractivity (Wildman–Crippen MR) is 83.2 cm³/mol. The second-order valence-electron chi connectivity index (χ2n) is 5.28. The SMILES string of the molecule is C#CCOc1ccc(C(=O)NC(C(=O)O)C2CCCOC2)cc1. The van der Waals surface area contributed by atoms with Gasteiger partial charge in [0.15, 0.2) is 0 Å². The fourth-order valence-corrected chi connectivity index (χ4v) is 2.46. The summed E-state index contributed by atoms with van der Waals surface area (Å²) in [4.78, 5) is 23.7. The zero-order valence-corrected chi connectivity index (χ0v) is 12.7. The first kappa shape index (κ1) is 16.8. The standard InChI is InChI=1S/C17H19NO5/c1-2-9-23-14-7-5-12(6-8-14)16(19)18-15(17(20)21)13-4-3-10-22-11-13/h1,5-8,13,15H,3-4,9-11H2,(H,18,19)(H,20,21). The Morgan fingerprint density at radius 2 is 2.17 bits per heavy atom. The third kappa shape index (κ3) is 4.73. The van der Waals surface area contributed by atoms with Gasteiger partial charge >= 0.3 is 5.97 Å². The molecule has 1 saturated heterocycles. The first-order valence-corrected chi connectivity index (χ1v) is 7.39. The van der Waals surface area contributed by atoms with Crippen molar-refractivity contribution >= 4 is 11.9 Å². The fourth-order valence-electron chi connectivity index (χ4n) is 2.46. The number of aliphatic carboxylic acids is 1. The van der Waals surface area contributed by atoms with E-state index >= 15 is 0 Å². The summed E-state index contributed by atoms with van der Waals surface area (Å²) in [5, 5.41) is 11.9. The molecule has 0 aliphatic carbocycles. The van der Waals surface area contributed by atoms with E-state index in [-0.39, 0.29) is 12.5 Å². The zero-order valence-electron chi connectivity index (χ0n) is 12.7. The van der Waals surface area contributed by atoms with Crippen molar-refractivity contribution in [1.29, 1.82) is 0 Å². The van der Waals surface area contributed by atoms with Crippen molar-refractivity contribution in [3.8, 4) is 18.1 Å². The van der Waals surface area contributed by atoms with Crippen LogP contribution in [0.25, 0.3) is 0 Å². The summed E-state index contributed by atoms with van der Waals surface area (Å²) in [7, 11) is 0. The van der Waals surface area contributed by atoms with E-state index in [2.05, 4.69) is 11.2 Å². The fraction of sp³-hybridized carbons (Fsp3) is 0.412. The Balaban J connectivity index is 2.00. The van der Waals surface area contributed by atoms with Crippen LogP contribution in [0.4, 0.5) is 0 Å². The number of hydrogen-bond donors (Lipinski definition) is 2. The molecule has 2 unspecified atom stereocenters. The molecule has 2 rings (SSSR count). The maximum atomic E-state index is 12.2. The highest BCUT2D eigenvalue weighted by Gasteiger charge is 2.31. The first-order valence-electron chi connectivity index (χ1n) is 7.39. The van der Waals surface area contributed by atoms with Crippen LogP contribution in [0.1, 0.15) is 23.2 Å². The molecule has 1 heterocycles. The van der Waals surface area contributed by atoms with Gasteiger partial charge in [-0.3, -0.25) is 4.79 Å². The van der Waals surface area contributed by atoms with Gasteiger partial charge in [0.2, 0.25) is 0 Å². The second kappa shape index (κ2) is 8.20. The Bertz CT molecular complexity index is 584. The number of carbonyl (C=O) groups excluding carboxylic acids is 1. The molecule has 0 aromatic heterocycles. The van der Waals surface area contributed by atoms with Gasteiger partial charge in [-0.05, 0) is 37.1 Å². The molecule has 1 aliphatic heterocycles. The summed E-state index contributed by atoms with van der Waals surface area (Å²) in [6.45, 7) is 1.13. The Morgan fingerprint density at radius 1 is 1.43 bits per heavy atom. The van der Waals surface area contributed by atoms with Gasteiger partial charge in [0, 0.05) is 18.1 Å². The summed E-state index contributed by atoms with van der Waals surface area (Å²) in [6.07, 6.45) is 6.62. The number of nitrogens with one attached hydrogen (secondary N) is 1. The van der Waals surface area contributed by atoms with Gasteiger partial charge in [-0.25, -0.2) is 4.79 Å². The van der Waals surface area contributed by atoms with Crippen LogP contribution in [0.2, 0.25) is 0 Å². The number of hydrogen-bond acceptors (Lipinski definition) is 4. The summed E-state index contributed by atoms with van der Waals surface area (Å²) in [5.74, 6) is 1.19. The number of carboxylic acids is 1. The van der Waals surface area contributed by atoms with E-state index in [1.165, 1.54) is 0 Å². The van der Waals surface area contributed by atoms with Crippen LogP contribution in [-0.4, -0.2) is 42.8 Å². The van der Waals surface area contributed by atoms with Gasteiger partial charge in [-0.1, -0.05) is 5.92 Å². The lowest BCUT2D eigenvalue weighted by Crippen LogP contribution is -2.48. The van der Waals surface area contributed by atoms with Crippen LogP contribution < -0.4 is 10.1 Å². The van der Waals surface area contributed by atoms with Crippen LogP contribution in [0.15, 0.2) is 24.3 Å². The van der Waals surface area contributed by atoms with Crippen LogP contribution in [-0.2, 0) is 9.53 Å². The summed E-state index contributed by atoms with van der Waals surface area (Å²) in [5.41, 5.74) is 0.362. The molecule has 2 atom stereocenters. The predicted octanol–water partition coefficient (Wildman–Crippen LogP) is 1.31. The summed E-state index contributed by atoms with van der Waals surface area (Å²) in [6, 6.07) is 5.41. The van der Waals surface area contributed by atoms with Gasteiger partial charge in [0.1, 0.15) is 18.4 Å². The monoisotopic (exact) mass is 317 g/mol. The number of rotatable bonds is 6. The van der Waals surface area contributed by atoms with E-state index in [4.69, 9.17) is 15.9 Å². The Hall–Kier alpha value is -2.52. The van der Waals surface area contributed by atoms with Gasteiger partial charge in [0.05, 0.1) is 6.61 Å².